The zero-order valence-corrected chi connectivity index (χ0v) is 24.8. The number of piperidine rings is 2. The standard InChI is InChI=1S/C28H37Cl2N7O3/c1-28(2,3)40-27(39)36-12-6-18(7-13-36)17-35-10-8-20(9-11-35)37-24-23(16-32-37)33-26(34-25(24)38)31-15-19-4-5-21(29)22(30)14-19/h4-5,14,16,18,20H,6-13,15,17H2,1-3H3,(H2,31,33,34,38). The molecule has 2 aliphatic heterocycles. The van der Waals surface area contributed by atoms with E-state index in [1.165, 1.54) is 0 Å². The van der Waals surface area contributed by atoms with Crippen molar-refractivity contribution in [2.75, 3.05) is 38.0 Å². The molecule has 216 valence electrons. The molecule has 1 aromatic carbocycles. The van der Waals surface area contributed by atoms with Gasteiger partial charge in [-0.1, -0.05) is 29.3 Å². The first-order valence-electron chi connectivity index (χ1n) is 13.9. The number of amides is 1. The number of benzene rings is 1. The van der Waals surface area contributed by atoms with E-state index >= 15 is 0 Å². The SMILES string of the molecule is CC(C)(C)OC(=O)N1CCC(CN2CCC(n3ncc4nc(NCc5ccc(Cl)c(Cl)c5)[nH]c(=O)c43)CC2)CC1. The second kappa shape index (κ2) is 12.0. The molecule has 2 N–H and O–H groups in total. The maximum atomic E-state index is 13.0. The quantitative estimate of drug-likeness (QED) is 0.400. The number of anilines is 1. The van der Waals surface area contributed by atoms with E-state index in [1.807, 2.05) is 36.4 Å². The molecule has 0 atom stereocenters. The van der Waals surface area contributed by atoms with Crippen LogP contribution < -0.4 is 10.9 Å². The smallest absolute Gasteiger partial charge is 0.410 e. The lowest BCUT2D eigenvalue weighted by atomic mass is 9.95. The van der Waals surface area contributed by atoms with Crippen molar-refractivity contribution in [3.8, 4) is 0 Å². The molecule has 2 saturated heterocycles. The van der Waals surface area contributed by atoms with Gasteiger partial charge in [0, 0.05) is 39.3 Å². The average Bonchev–Trinajstić information content (AvgIpc) is 3.34. The van der Waals surface area contributed by atoms with E-state index < -0.39 is 5.60 Å². The highest BCUT2D eigenvalue weighted by atomic mass is 35.5. The molecular formula is C28H37Cl2N7O3. The van der Waals surface area contributed by atoms with Crippen LogP contribution in [0.25, 0.3) is 11.0 Å². The van der Waals surface area contributed by atoms with Crippen LogP contribution in [0.5, 0.6) is 0 Å². The number of halogens is 2. The lowest BCUT2D eigenvalue weighted by Crippen LogP contribution is -2.45. The third-order valence-electron chi connectivity index (χ3n) is 7.58. The van der Waals surface area contributed by atoms with Gasteiger partial charge in [0.2, 0.25) is 5.95 Å². The van der Waals surface area contributed by atoms with Gasteiger partial charge in [0.05, 0.1) is 22.3 Å². The summed E-state index contributed by atoms with van der Waals surface area (Å²) in [6.07, 6.45) is 5.28. The van der Waals surface area contributed by atoms with Crippen LogP contribution in [-0.2, 0) is 11.3 Å². The maximum absolute atomic E-state index is 13.0. The summed E-state index contributed by atoms with van der Waals surface area (Å²) in [5, 5.41) is 8.69. The fourth-order valence-electron chi connectivity index (χ4n) is 5.50. The summed E-state index contributed by atoms with van der Waals surface area (Å²) in [7, 11) is 0. The maximum Gasteiger partial charge on any atom is 0.410 e. The summed E-state index contributed by atoms with van der Waals surface area (Å²) >= 11 is 12.1. The molecule has 0 radical (unpaired) electrons. The van der Waals surface area contributed by atoms with Gasteiger partial charge >= 0.3 is 6.09 Å². The number of aromatic amines is 1. The second-order valence-electron chi connectivity index (χ2n) is 11.8. The van der Waals surface area contributed by atoms with E-state index in [0.717, 1.165) is 64.0 Å². The Labute approximate surface area is 244 Å². The van der Waals surface area contributed by atoms with Crippen molar-refractivity contribution in [1.29, 1.82) is 0 Å². The number of nitrogens with zero attached hydrogens (tertiary/aromatic N) is 5. The van der Waals surface area contributed by atoms with E-state index in [2.05, 4.69) is 25.3 Å². The highest BCUT2D eigenvalue weighted by Gasteiger charge is 2.30. The number of nitrogens with one attached hydrogen (secondary N) is 2. The Kier molecular flexibility index (Phi) is 8.58. The fraction of sp³-hybridized carbons (Fsp3) is 0.571. The van der Waals surface area contributed by atoms with Gasteiger partial charge in [0.15, 0.2) is 5.52 Å². The zero-order valence-electron chi connectivity index (χ0n) is 23.3. The average molecular weight is 591 g/mol. The summed E-state index contributed by atoms with van der Waals surface area (Å²) in [6, 6.07) is 5.55. The van der Waals surface area contributed by atoms with Crippen molar-refractivity contribution < 1.29 is 9.53 Å². The number of fused-ring (bicyclic) bond motifs is 1. The molecule has 0 aliphatic carbocycles. The summed E-state index contributed by atoms with van der Waals surface area (Å²) in [6.45, 7) is 10.6. The number of likely N-dealkylation sites (tertiary alicyclic amines) is 2. The Morgan fingerprint density at radius 3 is 2.50 bits per heavy atom. The van der Waals surface area contributed by atoms with E-state index in [9.17, 15) is 9.59 Å². The second-order valence-corrected chi connectivity index (χ2v) is 12.6. The molecule has 4 heterocycles. The van der Waals surface area contributed by atoms with E-state index in [4.69, 9.17) is 27.9 Å². The Morgan fingerprint density at radius 2 is 1.82 bits per heavy atom. The number of rotatable bonds is 6. The molecule has 5 rings (SSSR count). The number of ether oxygens (including phenoxy) is 1. The van der Waals surface area contributed by atoms with Crippen LogP contribution in [0.15, 0.2) is 29.2 Å². The molecule has 2 fully saturated rings. The van der Waals surface area contributed by atoms with Gasteiger partial charge in [-0.25, -0.2) is 9.78 Å². The van der Waals surface area contributed by atoms with Crippen molar-refractivity contribution in [2.24, 2.45) is 5.92 Å². The van der Waals surface area contributed by atoms with E-state index in [-0.39, 0.29) is 17.7 Å². The molecule has 2 aliphatic rings. The molecule has 40 heavy (non-hydrogen) atoms. The van der Waals surface area contributed by atoms with E-state index in [0.29, 0.717) is 39.5 Å². The number of carbonyl (C=O) groups excluding carboxylic acids is 1. The Morgan fingerprint density at radius 1 is 1.10 bits per heavy atom. The van der Waals surface area contributed by atoms with Crippen molar-refractivity contribution in [3.63, 3.8) is 0 Å². The van der Waals surface area contributed by atoms with Crippen LogP contribution in [0.1, 0.15) is 58.1 Å². The molecule has 3 aromatic rings. The third-order valence-corrected chi connectivity index (χ3v) is 8.32. The first-order valence-corrected chi connectivity index (χ1v) is 14.7. The number of H-pyrrole nitrogens is 1. The molecular weight excluding hydrogens is 553 g/mol. The molecule has 12 heteroatoms. The number of hydrogen-bond acceptors (Lipinski definition) is 7. The topological polar surface area (TPSA) is 108 Å². The molecule has 0 unspecified atom stereocenters. The Balaban J connectivity index is 1.13. The minimum Gasteiger partial charge on any atom is -0.444 e. The lowest BCUT2D eigenvalue weighted by molar-refractivity contribution is 0.0164. The molecule has 0 bridgehead atoms. The summed E-state index contributed by atoms with van der Waals surface area (Å²) < 4.78 is 7.37. The van der Waals surface area contributed by atoms with Crippen molar-refractivity contribution in [1.82, 2.24) is 29.5 Å². The van der Waals surface area contributed by atoms with Crippen molar-refractivity contribution in [3.05, 3.63) is 50.4 Å². The van der Waals surface area contributed by atoms with Gasteiger partial charge in [-0.15, -0.1) is 0 Å². The summed E-state index contributed by atoms with van der Waals surface area (Å²) in [5.74, 6) is 0.957. The molecule has 0 spiro atoms. The predicted octanol–water partition coefficient (Wildman–Crippen LogP) is 5.32. The Bertz CT molecular complexity index is 1400. The largest absolute Gasteiger partial charge is 0.444 e. The third kappa shape index (κ3) is 6.90. The normalized spacial score (nSPS) is 17.9. The molecule has 10 nitrogen and oxygen atoms in total. The first kappa shape index (κ1) is 28.7. The highest BCUT2D eigenvalue weighted by Crippen LogP contribution is 2.28. The van der Waals surface area contributed by atoms with Gasteiger partial charge in [0.25, 0.3) is 5.56 Å². The minimum absolute atomic E-state index is 0.153. The van der Waals surface area contributed by atoms with Crippen LogP contribution in [0.3, 0.4) is 0 Å². The lowest BCUT2D eigenvalue weighted by Gasteiger charge is -2.38. The number of aromatic nitrogens is 4. The van der Waals surface area contributed by atoms with Crippen LogP contribution >= 0.6 is 23.2 Å². The molecule has 2 aromatic heterocycles. The zero-order chi connectivity index (χ0) is 28.4. The molecule has 0 saturated carbocycles. The van der Waals surface area contributed by atoms with Crippen LogP contribution in [0.2, 0.25) is 10.0 Å². The van der Waals surface area contributed by atoms with Crippen LogP contribution in [-0.4, -0.2) is 74.0 Å². The Hall–Kier alpha value is -2.82. The minimum atomic E-state index is -0.467. The van der Waals surface area contributed by atoms with Gasteiger partial charge in [-0.05, 0) is 70.1 Å². The van der Waals surface area contributed by atoms with Crippen LogP contribution in [0, 0.1) is 5.92 Å². The van der Waals surface area contributed by atoms with Crippen LogP contribution in [0.4, 0.5) is 10.7 Å². The van der Waals surface area contributed by atoms with E-state index in [1.54, 1.807) is 18.3 Å². The molecule has 1 amide bonds. The number of carbonyl (C=O) groups is 1. The predicted molar refractivity (Wildman–Crippen MR) is 157 cm³/mol. The van der Waals surface area contributed by atoms with Gasteiger partial charge in [0.1, 0.15) is 11.1 Å². The van der Waals surface area contributed by atoms with Crippen molar-refractivity contribution in [2.45, 2.75) is 64.6 Å². The summed E-state index contributed by atoms with van der Waals surface area (Å²) in [4.78, 5) is 37.1. The monoisotopic (exact) mass is 589 g/mol. The first-order chi connectivity index (χ1) is 19.1. The van der Waals surface area contributed by atoms with Gasteiger partial charge in [-0.3, -0.25) is 14.5 Å². The fourth-order valence-corrected chi connectivity index (χ4v) is 5.82. The van der Waals surface area contributed by atoms with Crippen molar-refractivity contribution >= 4 is 46.3 Å². The van der Waals surface area contributed by atoms with Gasteiger partial charge < -0.3 is 19.9 Å². The highest BCUT2D eigenvalue weighted by molar-refractivity contribution is 6.42. The van der Waals surface area contributed by atoms with Gasteiger partial charge in [-0.2, -0.15) is 5.10 Å². The number of hydrogen-bond donors (Lipinski definition) is 2. The summed E-state index contributed by atoms with van der Waals surface area (Å²) in [5.41, 5.74) is 1.32.